The third kappa shape index (κ3) is 3.04. The second-order valence-corrected chi connectivity index (χ2v) is 6.77. The van der Waals surface area contributed by atoms with Crippen molar-refractivity contribution < 1.29 is 14.2 Å². The highest BCUT2D eigenvalue weighted by atomic mass is 35.5. The van der Waals surface area contributed by atoms with Crippen LogP contribution in [0.2, 0.25) is 5.02 Å². The monoisotopic (exact) mass is 408 g/mol. The minimum Gasteiger partial charge on any atom is -0.493 e. The van der Waals surface area contributed by atoms with Gasteiger partial charge in [-0.05, 0) is 18.2 Å². The minimum atomic E-state index is -0.557. The van der Waals surface area contributed by atoms with E-state index < -0.39 is 5.92 Å². The van der Waals surface area contributed by atoms with Gasteiger partial charge in [0.2, 0.25) is 11.8 Å². The standard InChI is InChI=1S/C21H17ClN4O3/c1-27-15-5-3-4-13(19(15)28-2)16-14(10-23)20(24)29-21-17(16)18(25-26-21)11-6-8-12(22)9-7-11/h3-9,16H,24H2,1-2H3,(H,25,26)/t16-/m0/s1. The van der Waals surface area contributed by atoms with Crippen LogP contribution in [-0.2, 0) is 0 Å². The van der Waals surface area contributed by atoms with E-state index in [9.17, 15) is 5.26 Å². The van der Waals surface area contributed by atoms with Gasteiger partial charge >= 0.3 is 0 Å². The second kappa shape index (κ2) is 7.41. The summed E-state index contributed by atoms with van der Waals surface area (Å²) in [6, 6.07) is 15.0. The predicted molar refractivity (Wildman–Crippen MR) is 108 cm³/mol. The quantitative estimate of drug-likeness (QED) is 0.676. The van der Waals surface area contributed by atoms with E-state index in [1.807, 2.05) is 24.3 Å². The average molecular weight is 409 g/mol. The van der Waals surface area contributed by atoms with Crippen LogP contribution in [0.3, 0.4) is 0 Å². The first-order valence-corrected chi connectivity index (χ1v) is 9.09. The van der Waals surface area contributed by atoms with Gasteiger partial charge in [0.05, 0.1) is 31.4 Å². The van der Waals surface area contributed by atoms with Crippen molar-refractivity contribution in [3.8, 4) is 34.7 Å². The van der Waals surface area contributed by atoms with Crippen molar-refractivity contribution in [2.24, 2.45) is 5.73 Å². The van der Waals surface area contributed by atoms with Gasteiger partial charge in [-0.1, -0.05) is 35.9 Å². The molecule has 3 aromatic rings. The molecule has 1 aromatic heterocycles. The van der Waals surface area contributed by atoms with E-state index in [-0.39, 0.29) is 11.5 Å². The summed E-state index contributed by atoms with van der Waals surface area (Å²) in [4.78, 5) is 0. The number of hydrogen-bond acceptors (Lipinski definition) is 6. The van der Waals surface area contributed by atoms with Gasteiger partial charge in [0.25, 0.3) is 0 Å². The highest BCUT2D eigenvalue weighted by Crippen LogP contribution is 2.49. The van der Waals surface area contributed by atoms with Crippen LogP contribution in [0, 0.1) is 11.3 Å². The van der Waals surface area contributed by atoms with Crippen molar-refractivity contribution in [2.45, 2.75) is 5.92 Å². The number of hydrogen-bond donors (Lipinski definition) is 2. The lowest BCUT2D eigenvalue weighted by molar-refractivity contribution is 0.348. The molecule has 146 valence electrons. The summed E-state index contributed by atoms with van der Waals surface area (Å²) in [6.45, 7) is 0. The number of nitrogens with one attached hydrogen (secondary N) is 1. The molecule has 0 bridgehead atoms. The summed E-state index contributed by atoms with van der Waals surface area (Å²) in [5.74, 6) is 0.811. The van der Waals surface area contributed by atoms with E-state index in [1.165, 1.54) is 0 Å². The second-order valence-electron chi connectivity index (χ2n) is 6.33. The smallest absolute Gasteiger partial charge is 0.244 e. The first-order chi connectivity index (χ1) is 14.1. The van der Waals surface area contributed by atoms with E-state index in [0.717, 1.165) is 5.56 Å². The Morgan fingerprint density at radius 2 is 1.93 bits per heavy atom. The molecule has 0 saturated heterocycles. The maximum Gasteiger partial charge on any atom is 0.244 e. The SMILES string of the molecule is COc1cccc([C@H]2C(C#N)=C(N)Oc3n[nH]c(-c4ccc(Cl)cc4)c32)c1OC. The van der Waals surface area contributed by atoms with Crippen LogP contribution in [0.1, 0.15) is 17.0 Å². The van der Waals surface area contributed by atoms with Crippen LogP contribution >= 0.6 is 11.6 Å². The maximum absolute atomic E-state index is 9.86. The van der Waals surface area contributed by atoms with Crippen molar-refractivity contribution in [1.82, 2.24) is 10.2 Å². The van der Waals surface area contributed by atoms with Gasteiger partial charge < -0.3 is 19.9 Å². The van der Waals surface area contributed by atoms with Gasteiger partial charge in [0.1, 0.15) is 11.6 Å². The van der Waals surface area contributed by atoms with E-state index in [0.29, 0.717) is 39.2 Å². The fraction of sp³-hybridized carbons (Fsp3) is 0.143. The van der Waals surface area contributed by atoms with E-state index in [1.54, 1.807) is 32.4 Å². The van der Waals surface area contributed by atoms with Crippen molar-refractivity contribution in [3.63, 3.8) is 0 Å². The Morgan fingerprint density at radius 1 is 1.17 bits per heavy atom. The molecule has 8 heteroatoms. The van der Waals surface area contributed by atoms with Crippen molar-refractivity contribution in [3.05, 3.63) is 70.1 Å². The van der Waals surface area contributed by atoms with Gasteiger partial charge in [-0.2, -0.15) is 5.26 Å². The van der Waals surface area contributed by atoms with Crippen LogP contribution in [0.4, 0.5) is 0 Å². The molecule has 0 amide bonds. The van der Waals surface area contributed by atoms with Crippen molar-refractivity contribution >= 4 is 11.6 Å². The fourth-order valence-corrected chi connectivity index (χ4v) is 3.66. The number of ether oxygens (including phenoxy) is 3. The van der Waals surface area contributed by atoms with Crippen molar-refractivity contribution in [2.75, 3.05) is 14.2 Å². The molecule has 2 heterocycles. The van der Waals surface area contributed by atoms with E-state index in [2.05, 4.69) is 16.3 Å². The van der Waals surface area contributed by atoms with Crippen LogP contribution in [0.5, 0.6) is 17.4 Å². The summed E-state index contributed by atoms with van der Waals surface area (Å²) in [5.41, 5.74) is 9.26. The summed E-state index contributed by atoms with van der Waals surface area (Å²) in [6.07, 6.45) is 0. The number of halogens is 1. The first-order valence-electron chi connectivity index (χ1n) is 8.71. The molecule has 29 heavy (non-hydrogen) atoms. The molecule has 0 spiro atoms. The number of methoxy groups -OCH3 is 2. The molecule has 7 nitrogen and oxygen atoms in total. The number of nitriles is 1. The zero-order valence-electron chi connectivity index (χ0n) is 15.7. The lowest BCUT2D eigenvalue weighted by Crippen LogP contribution is -2.21. The topological polar surface area (TPSA) is 106 Å². The molecule has 0 unspecified atom stereocenters. The number of benzene rings is 2. The Morgan fingerprint density at radius 3 is 2.59 bits per heavy atom. The number of fused-ring (bicyclic) bond motifs is 1. The van der Waals surface area contributed by atoms with Crippen LogP contribution in [0.25, 0.3) is 11.3 Å². The molecular weight excluding hydrogens is 392 g/mol. The molecule has 0 saturated carbocycles. The molecule has 1 atom stereocenters. The third-order valence-electron chi connectivity index (χ3n) is 4.82. The largest absolute Gasteiger partial charge is 0.493 e. The Labute approximate surface area is 172 Å². The summed E-state index contributed by atoms with van der Waals surface area (Å²) in [7, 11) is 3.11. The molecule has 1 aliphatic heterocycles. The number of allylic oxidation sites excluding steroid dienone is 1. The Balaban J connectivity index is 1.99. The Kier molecular flexibility index (Phi) is 4.79. The lowest BCUT2D eigenvalue weighted by Gasteiger charge is -2.26. The van der Waals surface area contributed by atoms with Crippen LogP contribution in [0.15, 0.2) is 53.9 Å². The predicted octanol–water partition coefficient (Wildman–Crippen LogP) is 3.97. The molecule has 3 N–H and O–H groups in total. The minimum absolute atomic E-state index is 0.00373. The zero-order chi connectivity index (χ0) is 20.5. The molecule has 2 aromatic carbocycles. The van der Waals surface area contributed by atoms with Gasteiger partial charge in [0, 0.05) is 16.1 Å². The number of aromatic nitrogens is 2. The number of rotatable bonds is 4. The number of para-hydroxylation sites is 1. The highest BCUT2D eigenvalue weighted by molar-refractivity contribution is 6.30. The first kappa shape index (κ1) is 18.7. The number of nitrogens with two attached hydrogens (primary N) is 1. The molecule has 0 fully saturated rings. The van der Waals surface area contributed by atoms with Crippen LogP contribution in [-0.4, -0.2) is 24.4 Å². The normalized spacial score (nSPS) is 15.3. The molecule has 4 rings (SSSR count). The fourth-order valence-electron chi connectivity index (χ4n) is 3.53. The number of aromatic amines is 1. The maximum atomic E-state index is 9.86. The van der Waals surface area contributed by atoms with Gasteiger partial charge in [-0.25, -0.2) is 0 Å². The lowest BCUT2D eigenvalue weighted by atomic mass is 9.82. The van der Waals surface area contributed by atoms with E-state index in [4.69, 9.17) is 31.5 Å². The van der Waals surface area contributed by atoms with Gasteiger partial charge in [0.15, 0.2) is 11.5 Å². The summed E-state index contributed by atoms with van der Waals surface area (Å²) < 4.78 is 16.7. The highest BCUT2D eigenvalue weighted by Gasteiger charge is 2.37. The third-order valence-corrected chi connectivity index (χ3v) is 5.07. The van der Waals surface area contributed by atoms with Gasteiger partial charge in [-0.15, -0.1) is 5.10 Å². The molecular formula is C21H17ClN4O3. The van der Waals surface area contributed by atoms with E-state index >= 15 is 0 Å². The number of H-pyrrole nitrogens is 1. The van der Waals surface area contributed by atoms with Gasteiger partial charge in [-0.3, -0.25) is 5.10 Å². The molecule has 0 aliphatic carbocycles. The average Bonchev–Trinajstić information content (AvgIpc) is 3.15. The van der Waals surface area contributed by atoms with Crippen LogP contribution < -0.4 is 19.9 Å². The molecule has 0 radical (unpaired) electrons. The zero-order valence-corrected chi connectivity index (χ0v) is 16.4. The Bertz CT molecular complexity index is 1150. The Hall–Kier alpha value is -3.63. The van der Waals surface area contributed by atoms with Crippen molar-refractivity contribution in [1.29, 1.82) is 5.26 Å². The summed E-state index contributed by atoms with van der Waals surface area (Å²) in [5, 5.41) is 17.7. The molecule has 1 aliphatic rings. The number of nitrogens with zero attached hydrogens (tertiary/aromatic N) is 2. The summed E-state index contributed by atoms with van der Waals surface area (Å²) >= 11 is 6.03.